The topological polar surface area (TPSA) is 50.6 Å². The average Bonchev–Trinajstić information content (AvgIpc) is 2.98. The Morgan fingerprint density at radius 1 is 1.28 bits per heavy atom. The lowest BCUT2D eigenvalue weighted by atomic mass is 10.3. The molecule has 2 aromatic rings. The second-order valence-electron chi connectivity index (χ2n) is 5.62. The number of hydrogen-bond acceptors (Lipinski definition) is 2. The largest absolute Gasteiger partial charge is 0.486 e. The van der Waals surface area contributed by atoms with E-state index in [-0.39, 0.29) is 41.6 Å². The zero-order valence-electron chi connectivity index (χ0n) is 14.8. The van der Waals surface area contributed by atoms with Crippen LogP contribution in [0.25, 0.3) is 0 Å². The van der Waals surface area contributed by atoms with E-state index in [2.05, 4.69) is 15.6 Å². The molecular weight excluding hydrogens is 434 g/mol. The summed E-state index contributed by atoms with van der Waals surface area (Å²) in [6, 6.07) is 8.45. The number of nitrogens with zero attached hydrogens (tertiary/aromatic N) is 2. The Kier molecular flexibility index (Phi) is 9.33. The molecule has 5 nitrogen and oxygen atoms in total. The predicted molar refractivity (Wildman–Crippen MR) is 110 cm³/mol. The molecule has 0 fully saturated rings. The fourth-order valence-corrected chi connectivity index (χ4v) is 2.21. The highest BCUT2D eigenvalue weighted by atomic mass is 127. The van der Waals surface area contributed by atoms with Gasteiger partial charge in [-0.3, -0.25) is 0 Å². The van der Waals surface area contributed by atoms with Crippen molar-refractivity contribution in [1.29, 1.82) is 0 Å². The minimum absolute atomic E-state index is 0. The van der Waals surface area contributed by atoms with Crippen LogP contribution in [0.15, 0.2) is 47.7 Å². The number of benzene rings is 1. The number of aliphatic imine (C=N–C) groups is 1. The predicted octanol–water partition coefficient (Wildman–Crippen LogP) is 3.30. The van der Waals surface area contributed by atoms with Crippen LogP contribution < -0.4 is 15.4 Å². The number of guanidine groups is 1. The van der Waals surface area contributed by atoms with E-state index in [4.69, 9.17) is 4.74 Å². The fourth-order valence-electron chi connectivity index (χ4n) is 2.21. The van der Waals surface area contributed by atoms with E-state index in [9.17, 15) is 4.39 Å². The van der Waals surface area contributed by atoms with E-state index in [1.807, 2.05) is 43.9 Å². The fraction of sp³-hybridized carbons (Fsp3) is 0.389. The number of aromatic nitrogens is 1. The molecule has 1 unspecified atom stereocenters. The van der Waals surface area contributed by atoms with Gasteiger partial charge in [0.15, 0.2) is 17.5 Å². The van der Waals surface area contributed by atoms with E-state index in [0.717, 1.165) is 12.1 Å². The summed E-state index contributed by atoms with van der Waals surface area (Å²) in [5, 5.41) is 6.41. The summed E-state index contributed by atoms with van der Waals surface area (Å²) >= 11 is 0. The van der Waals surface area contributed by atoms with Gasteiger partial charge in [-0.2, -0.15) is 0 Å². The van der Waals surface area contributed by atoms with Gasteiger partial charge in [0.25, 0.3) is 0 Å². The first-order valence-electron chi connectivity index (χ1n) is 8.12. The molecule has 1 atom stereocenters. The maximum Gasteiger partial charge on any atom is 0.191 e. The van der Waals surface area contributed by atoms with E-state index in [1.54, 1.807) is 18.2 Å². The third-order valence-corrected chi connectivity index (χ3v) is 3.38. The van der Waals surface area contributed by atoms with Crippen molar-refractivity contribution in [2.75, 3.05) is 13.1 Å². The van der Waals surface area contributed by atoms with Crippen molar-refractivity contribution < 1.29 is 9.13 Å². The molecule has 0 saturated heterocycles. The molecule has 1 heterocycles. The third kappa shape index (κ3) is 7.33. The molecule has 0 aliphatic carbocycles. The molecule has 138 valence electrons. The summed E-state index contributed by atoms with van der Waals surface area (Å²) in [4.78, 5) is 4.55. The van der Waals surface area contributed by atoms with Crippen molar-refractivity contribution in [3.8, 4) is 5.75 Å². The first-order valence-corrected chi connectivity index (χ1v) is 8.12. The number of aryl methyl sites for hydroxylation is 1. The average molecular weight is 460 g/mol. The first-order chi connectivity index (χ1) is 11.6. The van der Waals surface area contributed by atoms with Crippen LogP contribution in [0.4, 0.5) is 4.39 Å². The molecule has 1 aromatic carbocycles. The van der Waals surface area contributed by atoms with Gasteiger partial charge in [0.2, 0.25) is 0 Å². The first kappa shape index (κ1) is 21.3. The monoisotopic (exact) mass is 460 g/mol. The Hall–Kier alpha value is -1.77. The second-order valence-corrected chi connectivity index (χ2v) is 5.62. The quantitative estimate of drug-likeness (QED) is 0.379. The minimum atomic E-state index is -0.353. The van der Waals surface area contributed by atoms with E-state index >= 15 is 0 Å². The summed E-state index contributed by atoms with van der Waals surface area (Å²) in [6.07, 6.45) is 3.84. The molecule has 0 spiro atoms. The Bertz CT molecular complexity index is 675. The summed E-state index contributed by atoms with van der Waals surface area (Å²) in [5.41, 5.74) is 1.14. The van der Waals surface area contributed by atoms with Gasteiger partial charge in [-0.1, -0.05) is 12.1 Å². The molecule has 2 N–H and O–H groups in total. The van der Waals surface area contributed by atoms with Crippen molar-refractivity contribution in [2.45, 2.75) is 26.5 Å². The summed E-state index contributed by atoms with van der Waals surface area (Å²) in [7, 11) is 1.98. The Labute approximate surface area is 165 Å². The Morgan fingerprint density at radius 3 is 2.68 bits per heavy atom. The van der Waals surface area contributed by atoms with Gasteiger partial charge in [-0.15, -0.1) is 24.0 Å². The maximum absolute atomic E-state index is 13.6. The van der Waals surface area contributed by atoms with Crippen molar-refractivity contribution in [3.63, 3.8) is 0 Å². The normalized spacial score (nSPS) is 12.2. The molecule has 0 saturated carbocycles. The number of ether oxygens (including phenoxy) is 1. The Morgan fingerprint density at radius 2 is 2.04 bits per heavy atom. The highest BCUT2D eigenvalue weighted by Crippen LogP contribution is 2.16. The van der Waals surface area contributed by atoms with Gasteiger partial charge in [0, 0.05) is 26.0 Å². The lowest BCUT2D eigenvalue weighted by Crippen LogP contribution is -2.41. The van der Waals surface area contributed by atoms with Crippen molar-refractivity contribution in [2.24, 2.45) is 12.0 Å². The molecule has 2 rings (SSSR count). The van der Waals surface area contributed by atoms with Crippen LogP contribution in [0.3, 0.4) is 0 Å². The molecule has 1 aromatic heterocycles. The number of halogens is 2. The second kappa shape index (κ2) is 11.0. The van der Waals surface area contributed by atoms with Gasteiger partial charge in [-0.05, 0) is 37.6 Å². The zero-order valence-corrected chi connectivity index (χ0v) is 17.2. The molecule has 0 radical (unpaired) electrons. The molecular formula is C18H26FIN4O. The maximum atomic E-state index is 13.6. The van der Waals surface area contributed by atoms with E-state index < -0.39 is 0 Å². The van der Waals surface area contributed by atoms with Gasteiger partial charge < -0.3 is 19.9 Å². The van der Waals surface area contributed by atoms with Crippen molar-refractivity contribution in [3.05, 3.63) is 54.1 Å². The van der Waals surface area contributed by atoms with Crippen LogP contribution in [-0.2, 0) is 13.6 Å². The van der Waals surface area contributed by atoms with Crippen LogP contribution in [0.2, 0.25) is 0 Å². The summed E-state index contributed by atoms with van der Waals surface area (Å²) in [5.74, 6) is 0.623. The highest BCUT2D eigenvalue weighted by molar-refractivity contribution is 14.0. The zero-order chi connectivity index (χ0) is 17.4. The van der Waals surface area contributed by atoms with Crippen molar-refractivity contribution in [1.82, 2.24) is 15.2 Å². The standard InChI is InChI=1S/C18H25FN4O.HI/c1-4-20-18(22-12-15-9-10-23(3)13-15)21-11-14(2)24-17-8-6-5-7-16(17)19;/h5-10,13-14H,4,11-12H2,1-3H3,(H2,20,21,22);1H. The molecule has 25 heavy (non-hydrogen) atoms. The molecule has 7 heteroatoms. The van der Waals surface area contributed by atoms with E-state index in [0.29, 0.717) is 19.0 Å². The lowest BCUT2D eigenvalue weighted by Gasteiger charge is -2.18. The summed E-state index contributed by atoms with van der Waals surface area (Å²) in [6.45, 7) is 5.79. The molecule has 0 aliphatic heterocycles. The van der Waals surface area contributed by atoms with Gasteiger partial charge in [0.05, 0.1) is 13.1 Å². The number of hydrogen-bond donors (Lipinski definition) is 2. The number of nitrogens with one attached hydrogen (secondary N) is 2. The smallest absolute Gasteiger partial charge is 0.191 e. The molecule has 0 bridgehead atoms. The van der Waals surface area contributed by atoms with Gasteiger partial charge >= 0.3 is 0 Å². The lowest BCUT2D eigenvalue weighted by molar-refractivity contribution is 0.214. The SMILES string of the molecule is CCNC(=NCc1ccn(C)c1)NCC(C)Oc1ccccc1F.I. The third-order valence-electron chi connectivity index (χ3n) is 3.38. The molecule has 0 amide bonds. The van der Waals surface area contributed by atoms with Crippen molar-refractivity contribution >= 4 is 29.9 Å². The van der Waals surface area contributed by atoms with Crippen LogP contribution in [-0.4, -0.2) is 29.7 Å². The molecule has 0 aliphatic rings. The van der Waals surface area contributed by atoms with Crippen LogP contribution in [0.5, 0.6) is 5.75 Å². The summed E-state index contributed by atoms with van der Waals surface area (Å²) < 4.78 is 21.2. The number of rotatable bonds is 7. The van der Waals surface area contributed by atoms with Gasteiger partial charge in [0.1, 0.15) is 6.10 Å². The highest BCUT2D eigenvalue weighted by Gasteiger charge is 2.08. The Balaban J connectivity index is 0.00000312. The van der Waals surface area contributed by atoms with Crippen LogP contribution in [0, 0.1) is 5.82 Å². The number of para-hydroxylation sites is 1. The minimum Gasteiger partial charge on any atom is -0.486 e. The van der Waals surface area contributed by atoms with Crippen LogP contribution >= 0.6 is 24.0 Å². The van der Waals surface area contributed by atoms with E-state index in [1.165, 1.54) is 6.07 Å². The van der Waals surface area contributed by atoms with Gasteiger partial charge in [-0.25, -0.2) is 9.38 Å². The van der Waals surface area contributed by atoms with Crippen LogP contribution in [0.1, 0.15) is 19.4 Å².